The Bertz CT molecular complexity index is 515. The van der Waals surface area contributed by atoms with Crippen LogP contribution in [-0.2, 0) is 4.79 Å². The van der Waals surface area contributed by atoms with Crippen molar-refractivity contribution in [3.05, 3.63) is 18.2 Å². The highest BCUT2D eigenvalue weighted by molar-refractivity contribution is 5.97. The van der Waals surface area contributed by atoms with Crippen LogP contribution in [0.3, 0.4) is 0 Å². The molecule has 3 N–H and O–H groups in total. The van der Waals surface area contributed by atoms with Gasteiger partial charge in [0.15, 0.2) is 0 Å². The Kier molecular flexibility index (Phi) is 4.26. The largest absolute Gasteiger partial charge is 0.492 e. The smallest absolute Gasteiger partial charge is 0.244 e. The Morgan fingerprint density at radius 2 is 2.19 bits per heavy atom. The maximum Gasteiger partial charge on any atom is 0.244 e. The molecular weight excluding hydrogens is 270 g/mol. The van der Waals surface area contributed by atoms with Crippen LogP contribution in [0, 0.1) is 0 Å². The van der Waals surface area contributed by atoms with Crippen molar-refractivity contribution in [3.8, 4) is 11.5 Å². The Balaban J connectivity index is 1.59. The van der Waals surface area contributed by atoms with Crippen LogP contribution in [-0.4, -0.2) is 49.7 Å². The molecule has 0 aliphatic carbocycles. The topological polar surface area (TPSA) is 76.8 Å². The van der Waals surface area contributed by atoms with Gasteiger partial charge in [0.1, 0.15) is 30.8 Å². The molecule has 1 fully saturated rings. The number of hydrogen-bond acceptors (Lipinski definition) is 5. The first-order valence-corrected chi connectivity index (χ1v) is 7.41. The summed E-state index contributed by atoms with van der Waals surface area (Å²) in [6.07, 6.45) is 2.56. The van der Waals surface area contributed by atoms with Crippen molar-refractivity contribution in [2.45, 2.75) is 18.9 Å². The maximum atomic E-state index is 11.7. The first-order chi connectivity index (χ1) is 10.2. The second-order valence-electron chi connectivity index (χ2n) is 5.46. The van der Waals surface area contributed by atoms with Gasteiger partial charge in [-0.05, 0) is 38.1 Å². The third-order valence-corrected chi connectivity index (χ3v) is 3.84. The lowest BCUT2D eigenvalue weighted by Crippen LogP contribution is -2.38. The molecule has 0 spiro atoms. The van der Waals surface area contributed by atoms with Crippen LogP contribution in [0.25, 0.3) is 0 Å². The number of carbonyl (C=O) groups is 1. The first kappa shape index (κ1) is 14.2. The van der Waals surface area contributed by atoms with Crippen molar-refractivity contribution in [2.75, 3.05) is 38.2 Å². The molecule has 21 heavy (non-hydrogen) atoms. The summed E-state index contributed by atoms with van der Waals surface area (Å²) in [5.41, 5.74) is 6.29. The molecule has 2 aliphatic heterocycles. The van der Waals surface area contributed by atoms with E-state index in [0.29, 0.717) is 18.0 Å². The Morgan fingerprint density at radius 3 is 3.00 bits per heavy atom. The molecule has 0 unspecified atom stereocenters. The van der Waals surface area contributed by atoms with Crippen LogP contribution in [0.15, 0.2) is 18.2 Å². The van der Waals surface area contributed by atoms with Gasteiger partial charge in [-0.15, -0.1) is 0 Å². The van der Waals surface area contributed by atoms with E-state index in [1.165, 1.54) is 12.8 Å². The lowest BCUT2D eigenvalue weighted by atomic mass is 10.2. The number of carbonyl (C=O) groups excluding carboxylic acids is 1. The summed E-state index contributed by atoms with van der Waals surface area (Å²) in [4.78, 5) is 14.1. The molecule has 1 atom stereocenters. The molecule has 6 heteroatoms. The fourth-order valence-corrected chi connectivity index (χ4v) is 2.60. The number of nitrogens with zero attached hydrogens (tertiary/aromatic N) is 1. The van der Waals surface area contributed by atoms with Crippen molar-refractivity contribution in [1.82, 2.24) is 4.90 Å². The lowest BCUT2D eigenvalue weighted by molar-refractivity contribution is -0.117. The van der Waals surface area contributed by atoms with Crippen LogP contribution in [0.1, 0.15) is 12.8 Å². The predicted octanol–water partition coefficient (Wildman–Crippen LogP) is 0.819. The second kappa shape index (κ2) is 6.32. The van der Waals surface area contributed by atoms with Crippen molar-refractivity contribution in [3.63, 3.8) is 0 Å². The maximum absolute atomic E-state index is 11.7. The number of nitrogens with one attached hydrogen (secondary N) is 1. The molecule has 0 saturated carbocycles. The summed E-state index contributed by atoms with van der Waals surface area (Å²) in [6.45, 7) is 4.09. The van der Waals surface area contributed by atoms with Gasteiger partial charge in [-0.1, -0.05) is 0 Å². The summed E-state index contributed by atoms with van der Waals surface area (Å²) < 4.78 is 11.3. The highest BCUT2D eigenvalue weighted by Crippen LogP contribution is 2.31. The molecule has 2 heterocycles. The summed E-state index contributed by atoms with van der Waals surface area (Å²) >= 11 is 0. The molecule has 114 valence electrons. The number of amides is 1. The van der Waals surface area contributed by atoms with Gasteiger partial charge in [-0.2, -0.15) is 0 Å². The normalized spacial score (nSPS) is 22.1. The van der Waals surface area contributed by atoms with E-state index in [-0.39, 0.29) is 12.5 Å². The molecule has 0 radical (unpaired) electrons. The van der Waals surface area contributed by atoms with E-state index in [9.17, 15) is 4.79 Å². The number of fused-ring (bicyclic) bond motifs is 1. The fraction of sp³-hybridized carbons (Fsp3) is 0.533. The quantitative estimate of drug-likeness (QED) is 0.859. The highest BCUT2D eigenvalue weighted by atomic mass is 16.5. The SMILES string of the molecule is N[C@H]1COc2ccc(OCCN3CCCC3)cc2NC1=O. The minimum absolute atomic E-state index is 0.188. The van der Waals surface area contributed by atoms with Gasteiger partial charge in [0, 0.05) is 12.6 Å². The average molecular weight is 291 g/mol. The minimum Gasteiger partial charge on any atom is -0.492 e. The summed E-state index contributed by atoms with van der Waals surface area (Å²) in [5.74, 6) is 1.12. The number of ether oxygens (including phenoxy) is 2. The number of anilines is 1. The summed E-state index contributed by atoms with van der Waals surface area (Å²) in [6, 6.07) is 4.80. The minimum atomic E-state index is -0.642. The standard InChI is InChI=1S/C15H21N3O3/c16-12-10-21-14-4-3-11(9-13(14)17-15(12)19)20-8-7-18-5-1-2-6-18/h3-4,9,12H,1-2,5-8,10,16H2,(H,17,19)/t12-/m0/s1. The second-order valence-corrected chi connectivity index (χ2v) is 5.46. The molecular formula is C15H21N3O3. The fourth-order valence-electron chi connectivity index (χ4n) is 2.60. The predicted molar refractivity (Wildman–Crippen MR) is 79.7 cm³/mol. The van der Waals surface area contributed by atoms with Gasteiger partial charge in [-0.3, -0.25) is 9.69 Å². The summed E-state index contributed by atoms with van der Waals surface area (Å²) in [7, 11) is 0. The zero-order chi connectivity index (χ0) is 14.7. The summed E-state index contributed by atoms with van der Waals surface area (Å²) in [5, 5.41) is 2.76. The molecule has 1 aromatic rings. The first-order valence-electron chi connectivity index (χ1n) is 7.41. The molecule has 6 nitrogen and oxygen atoms in total. The Morgan fingerprint density at radius 1 is 1.38 bits per heavy atom. The Hall–Kier alpha value is -1.79. The van der Waals surface area contributed by atoms with Crippen molar-refractivity contribution in [2.24, 2.45) is 5.73 Å². The van der Waals surface area contributed by atoms with Crippen LogP contribution in [0.4, 0.5) is 5.69 Å². The van der Waals surface area contributed by atoms with Crippen LogP contribution in [0.2, 0.25) is 0 Å². The highest BCUT2D eigenvalue weighted by Gasteiger charge is 2.21. The monoisotopic (exact) mass is 291 g/mol. The van der Waals surface area contributed by atoms with E-state index in [1.807, 2.05) is 6.07 Å². The lowest BCUT2D eigenvalue weighted by Gasteiger charge is -2.15. The average Bonchev–Trinajstić information content (AvgIpc) is 2.94. The molecule has 1 saturated heterocycles. The van der Waals surface area contributed by atoms with Gasteiger partial charge in [0.25, 0.3) is 0 Å². The van der Waals surface area contributed by atoms with E-state index in [0.717, 1.165) is 25.4 Å². The molecule has 1 amide bonds. The number of nitrogens with two attached hydrogens (primary N) is 1. The van der Waals surface area contributed by atoms with Crippen molar-refractivity contribution in [1.29, 1.82) is 0 Å². The zero-order valence-electron chi connectivity index (χ0n) is 12.0. The van der Waals surface area contributed by atoms with Crippen molar-refractivity contribution < 1.29 is 14.3 Å². The number of benzene rings is 1. The van der Waals surface area contributed by atoms with Gasteiger partial charge >= 0.3 is 0 Å². The van der Waals surface area contributed by atoms with E-state index in [4.69, 9.17) is 15.2 Å². The van der Waals surface area contributed by atoms with E-state index in [1.54, 1.807) is 12.1 Å². The molecule has 2 aliphatic rings. The van der Waals surface area contributed by atoms with Gasteiger partial charge in [0.2, 0.25) is 5.91 Å². The third kappa shape index (κ3) is 3.46. The number of rotatable bonds is 4. The van der Waals surface area contributed by atoms with E-state index in [2.05, 4.69) is 10.2 Å². The molecule has 0 aromatic heterocycles. The third-order valence-electron chi connectivity index (χ3n) is 3.84. The van der Waals surface area contributed by atoms with Crippen molar-refractivity contribution >= 4 is 11.6 Å². The van der Waals surface area contributed by atoms with Crippen LogP contribution in [0.5, 0.6) is 11.5 Å². The van der Waals surface area contributed by atoms with Crippen LogP contribution < -0.4 is 20.5 Å². The van der Waals surface area contributed by atoms with Gasteiger partial charge < -0.3 is 20.5 Å². The number of hydrogen-bond donors (Lipinski definition) is 2. The van der Waals surface area contributed by atoms with Gasteiger partial charge in [0.05, 0.1) is 5.69 Å². The number of likely N-dealkylation sites (tertiary alicyclic amines) is 1. The van der Waals surface area contributed by atoms with E-state index >= 15 is 0 Å². The molecule has 0 bridgehead atoms. The molecule has 3 rings (SSSR count). The Labute approximate surface area is 124 Å². The van der Waals surface area contributed by atoms with E-state index < -0.39 is 6.04 Å². The molecule has 1 aromatic carbocycles. The zero-order valence-corrected chi connectivity index (χ0v) is 12.0. The van der Waals surface area contributed by atoms with Crippen LogP contribution >= 0.6 is 0 Å². The van der Waals surface area contributed by atoms with Gasteiger partial charge in [-0.25, -0.2) is 0 Å².